The molecule has 0 saturated heterocycles. The molecule has 1 fully saturated rings. The second kappa shape index (κ2) is 8.14. The maximum Gasteiger partial charge on any atom is 0.418 e. The summed E-state index contributed by atoms with van der Waals surface area (Å²) in [5.41, 5.74) is -1.21. The van der Waals surface area contributed by atoms with Gasteiger partial charge in [-0.05, 0) is 37.0 Å². The van der Waals surface area contributed by atoms with Gasteiger partial charge in [0, 0.05) is 16.9 Å². The van der Waals surface area contributed by atoms with Crippen LogP contribution in [-0.4, -0.2) is 25.5 Å². The van der Waals surface area contributed by atoms with E-state index < -0.39 is 35.8 Å². The zero-order valence-corrected chi connectivity index (χ0v) is 16.3. The van der Waals surface area contributed by atoms with Crippen LogP contribution in [0.2, 0.25) is 5.02 Å². The van der Waals surface area contributed by atoms with Crippen molar-refractivity contribution in [3.63, 3.8) is 0 Å². The Bertz CT molecular complexity index is 842. The number of benzene rings is 1. The summed E-state index contributed by atoms with van der Waals surface area (Å²) >= 11 is 5.63. The Balaban J connectivity index is 1.76. The monoisotopic (exact) mass is 433 g/mol. The molecular weight excluding hydrogens is 415 g/mol. The number of hydrogen-bond donors (Lipinski definition) is 1. The number of amides is 1. The molecule has 4 unspecified atom stereocenters. The predicted octanol–water partition coefficient (Wildman–Crippen LogP) is 4.98. The number of methoxy groups -OCH3 is 1. The highest BCUT2D eigenvalue weighted by molar-refractivity contribution is 6.30. The first-order chi connectivity index (χ1) is 13.6. The highest BCUT2D eigenvalue weighted by atomic mass is 35.5. The molecule has 158 valence electrons. The number of ether oxygens (including phenoxy) is 3. The van der Waals surface area contributed by atoms with E-state index in [0.29, 0.717) is 18.1 Å². The Morgan fingerprint density at radius 1 is 1.28 bits per heavy atom. The summed E-state index contributed by atoms with van der Waals surface area (Å²) in [5, 5.41) is 1.98. The minimum Gasteiger partial charge on any atom is -0.466 e. The fraction of sp³-hybridized carbons (Fsp3) is 0.474. The number of carbonyl (C=O) groups is 2. The zero-order valence-electron chi connectivity index (χ0n) is 15.6. The number of rotatable bonds is 3. The SMILES string of the molecule is COC(=O)C1=COC(OC(=O)Nc2ccc(Cl)cc2C(F)(F)F)C2C(C)CCC12. The van der Waals surface area contributed by atoms with Gasteiger partial charge in [-0.3, -0.25) is 5.32 Å². The third-order valence-electron chi connectivity index (χ3n) is 5.27. The third-order valence-corrected chi connectivity index (χ3v) is 5.50. The summed E-state index contributed by atoms with van der Waals surface area (Å²) in [6.45, 7) is 1.93. The third kappa shape index (κ3) is 4.44. The molecule has 0 radical (unpaired) electrons. The van der Waals surface area contributed by atoms with Crippen molar-refractivity contribution < 1.29 is 37.0 Å². The molecule has 2 aliphatic rings. The standard InChI is InChI=1S/C19H19ClF3NO5/c1-9-3-5-11-12(16(25)27-2)8-28-17(15(9)11)29-18(26)24-14-6-4-10(20)7-13(14)19(21,22)23/h4,6-9,11,15,17H,3,5H2,1-2H3,(H,24,26). The average Bonchev–Trinajstić information content (AvgIpc) is 3.04. The fourth-order valence-corrected chi connectivity index (χ4v) is 4.06. The molecule has 1 amide bonds. The van der Waals surface area contributed by atoms with Crippen molar-refractivity contribution >= 4 is 29.4 Å². The normalized spacial score (nSPS) is 26.1. The van der Waals surface area contributed by atoms with E-state index in [1.165, 1.54) is 19.4 Å². The van der Waals surface area contributed by atoms with Crippen molar-refractivity contribution in [3.05, 3.63) is 40.6 Å². The van der Waals surface area contributed by atoms with E-state index in [1.54, 1.807) is 0 Å². The zero-order chi connectivity index (χ0) is 21.3. The number of anilines is 1. The quantitative estimate of drug-likeness (QED) is 0.680. The number of carbonyl (C=O) groups excluding carboxylic acids is 2. The molecule has 1 N–H and O–H groups in total. The molecule has 0 bridgehead atoms. The Hall–Kier alpha value is -2.42. The van der Waals surface area contributed by atoms with Gasteiger partial charge in [-0.2, -0.15) is 13.2 Å². The molecule has 10 heteroatoms. The van der Waals surface area contributed by atoms with Crippen molar-refractivity contribution in [1.29, 1.82) is 0 Å². The molecular formula is C19H19ClF3NO5. The summed E-state index contributed by atoms with van der Waals surface area (Å²) in [4.78, 5) is 24.2. The van der Waals surface area contributed by atoms with Crippen LogP contribution in [0.25, 0.3) is 0 Å². The van der Waals surface area contributed by atoms with Crippen molar-refractivity contribution in [2.45, 2.75) is 32.2 Å². The molecule has 1 aliphatic heterocycles. The number of halogens is 4. The molecule has 1 aliphatic carbocycles. The molecule has 4 atom stereocenters. The Kier molecular flexibility index (Phi) is 5.97. The average molecular weight is 434 g/mol. The lowest BCUT2D eigenvalue weighted by atomic mass is 9.83. The van der Waals surface area contributed by atoms with Crippen LogP contribution < -0.4 is 5.32 Å². The van der Waals surface area contributed by atoms with Crippen LogP contribution >= 0.6 is 11.6 Å². The molecule has 6 nitrogen and oxygen atoms in total. The molecule has 1 aromatic carbocycles. The Morgan fingerprint density at radius 2 is 2.00 bits per heavy atom. The second-order valence-corrected chi connectivity index (χ2v) is 7.46. The van der Waals surface area contributed by atoms with Crippen LogP contribution in [0.15, 0.2) is 30.0 Å². The van der Waals surface area contributed by atoms with Crippen LogP contribution in [0.1, 0.15) is 25.3 Å². The number of fused-ring (bicyclic) bond motifs is 1. The van der Waals surface area contributed by atoms with E-state index in [0.717, 1.165) is 12.5 Å². The molecule has 29 heavy (non-hydrogen) atoms. The number of alkyl halides is 3. The lowest BCUT2D eigenvalue weighted by molar-refractivity contribution is -0.144. The van der Waals surface area contributed by atoms with Crippen LogP contribution in [0, 0.1) is 17.8 Å². The molecule has 3 rings (SSSR count). The van der Waals surface area contributed by atoms with Crippen molar-refractivity contribution in [1.82, 2.24) is 0 Å². The summed E-state index contributed by atoms with van der Waals surface area (Å²) in [6.07, 6.45) is -4.18. The molecule has 1 heterocycles. The lowest BCUT2D eigenvalue weighted by Gasteiger charge is -2.34. The second-order valence-electron chi connectivity index (χ2n) is 7.03. The van der Waals surface area contributed by atoms with Crippen LogP contribution in [0.3, 0.4) is 0 Å². The molecule has 1 aromatic rings. The first-order valence-electron chi connectivity index (χ1n) is 8.90. The van der Waals surface area contributed by atoms with E-state index in [-0.39, 0.29) is 22.8 Å². The van der Waals surface area contributed by atoms with Crippen molar-refractivity contribution in [2.24, 2.45) is 17.8 Å². The van der Waals surface area contributed by atoms with Gasteiger partial charge in [-0.25, -0.2) is 9.59 Å². The summed E-state index contributed by atoms with van der Waals surface area (Å²) < 4.78 is 55.0. The Labute approximate surface area is 169 Å². The van der Waals surface area contributed by atoms with E-state index in [4.69, 9.17) is 25.8 Å². The summed E-state index contributed by atoms with van der Waals surface area (Å²) in [7, 11) is 1.26. The van der Waals surface area contributed by atoms with Gasteiger partial charge in [0.05, 0.1) is 30.2 Å². The van der Waals surface area contributed by atoms with Gasteiger partial charge < -0.3 is 14.2 Å². The topological polar surface area (TPSA) is 73.9 Å². The lowest BCUT2D eigenvalue weighted by Crippen LogP contribution is -2.39. The maximum atomic E-state index is 13.2. The van der Waals surface area contributed by atoms with Gasteiger partial charge in [0.15, 0.2) is 0 Å². The first kappa shape index (κ1) is 21.3. The maximum absolute atomic E-state index is 13.2. The molecule has 1 saturated carbocycles. The van der Waals surface area contributed by atoms with Gasteiger partial charge in [0.1, 0.15) is 0 Å². The highest BCUT2D eigenvalue weighted by Crippen LogP contribution is 2.47. The van der Waals surface area contributed by atoms with E-state index in [1.807, 2.05) is 6.92 Å². The smallest absolute Gasteiger partial charge is 0.418 e. The Morgan fingerprint density at radius 3 is 2.66 bits per heavy atom. The summed E-state index contributed by atoms with van der Waals surface area (Å²) in [5.74, 6) is -0.974. The van der Waals surface area contributed by atoms with Gasteiger partial charge >= 0.3 is 18.2 Å². The number of nitrogens with one attached hydrogen (secondary N) is 1. The van der Waals surface area contributed by atoms with Crippen LogP contribution in [-0.2, 0) is 25.2 Å². The van der Waals surface area contributed by atoms with E-state index >= 15 is 0 Å². The van der Waals surface area contributed by atoms with Crippen LogP contribution in [0.4, 0.5) is 23.7 Å². The molecule has 0 spiro atoms. The van der Waals surface area contributed by atoms with E-state index in [9.17, 15) is 22.8 Å². The van der Waals surface area contributed by atoms with E-state index in [2.05, 4.69) is 5.32 Å². The fourth-order valence-electron chi connectivity index (χ4n) is 3.89. The van der Waals surface area contributed by atoms with Gasteiger partial charge in [-0.1, -0.05) is 18.5 Å². The highest BCUT2D eigenvalue weighted by Gasteiger charge is 2.48. The van der Waals surface area contributed by atoms with Gasteiger partial charge in [0.25, 0.3) is 0 Å². The largest absolute Gasteiger partial charge is 0.466 e. The van der Waals surface area contributed by atoms with Crippen LogP contribution in [0.5, 0.6) is 0 Å². The predicted molar refractivity (Wildman–Crippen MR) is 96.9 cm³/mol. The number of hydrogen-bond acceptors (Lipinski definition) is 5. The molecule has 0 aromatic heterocycles. The van der Waals surface area contributed by atoms with Gasteiger partial charge in [0.2, 0.25) is 6.29 Å². The summed E-state index contributed by atoms with van der Waals surface area (Å²) in [6, 6.07) is 2.99. The minimum absolute atomic E-state index is 0.0763. The van der Waals surface area contributed by atoms with Crippen molar-refractivity contribution in [2.75, 3.05) is 12.4 Å². The van der Waals surface area contributed by atoms with Gasteiger partial charge in [-0.15, -0.1) is 0 Å². The van der Waals surface area contributed by atoms with Crippen molar-refractivity contribution in [3.8, 4) is 0 Å². The first-order valence-corrected chi connectivity index (χ1v) is 9.27. The number of esters is 1. The minimum atomic E-state index is -4.71.